The van der Waals surface area contributed by atoms with E-state index in [9.17, 15) is 0 Å². The van der Waals surface area contributed by atoms with Crippen molar-refractivity contribution in [2.45, 2.75) is 11.6 Å². The molecule has 0 saturated carbocycles. The Balaban J connectivity index is 2.45. The molecule has 0 radical (unpaired) electrons. The lowest BCUT2D eigenvalue weighted by atomic mass is 10.4. The molecule has 0 saturated heterocycles. The largest absolute Gasteiger partial charge is 0.235 e. The zero-order valence-electron chi connectivity index (χ0n) is 8.63. The Morgan fingerprint density at radius 3 is 3.19 bits per heavy atom. The number of hydrogen-bond donors (Lipinski definition) is 0. The van der Waals surface area contributed by atoms with Gasteiger partial charge in [0.2, 0.25) is 0 Å². The second-order valence-corrected chi connectivity index (χ2v) is 4.03. The monoisotopic (exact) mass is 230 g/mol. The number of aromatic nitrogens is 4. The van der Waals surface area contributed by atoms with Crippen LogP contribution in [0.1, 0.15) is 0 Å². The van der Waals surface area contributed by atoms with E-state index in [1.807, 2.05) is 6.08 Å². The summed E-state index contributed by atoms with van der Waals surface area (Å²) in [4.78, 5) is 8.40. The molecular formula is C11H10N4S. The molecule has 5 heteroatoms. The normalized spacial score (nSPS) is 10.2. The van der Waals surface area contributed by atoms with Gasteiger partial charge in [0.1, 0.15) is 17.9 Å². The second kappa shape index (κ2) is 4.81. The molecule has 0 aliphatic carbocycles. The van der Waals surface area contributed by atoms with Crippen LogP contribution in [0, 0.1) is 12.3 Å². The maximum absolute atomic E-state index is 5.26. The standard InChI is InChI=1S/C11H10N4S/c1-3-5-15-10-9(7-14-15)11(13-8-12-10)16-6-4-2/h1,4,7-8H,2,5-6H2. The van der Waals surface area contributed by atoms with Gasteiger partial charge in [-0.1, -0.05) is 12.0 Å². The van der Waals surface area contributed by atoms with Crippen LogP contribution in [0.3, 0.4) is 0 Å². The van der Waals surface area contributed by atoms with Crippen LogP contribution < -0.4 is 0 Å². The van der Waals surface area contributed by atoms with Gasteiger partial charge in [-0.15, -0.1) is 24.8 Å². The minimum absolute atomic E-state index is 0.423. The first kappa shape index (κ1) is 10.7. The quantitative estimate of drug-likeness (QED) is 0.347. The van der Waals surface area contributed by atoms with E-state index in [0.717, 1.165) is 21.8 Å². The summed E-state index contributed by atoms with van der Waals surface area (Å²) in [6.45, 7) is 4.10. The molecule has 0 aliphatic rings. The lowest BCUT2D eigenvalue weighted by Crippen LogP contribution is -1.99. The van der Waals surface area contributed by atoms with Gasteiger partial charge in [-0.05, 0) is 0 Å². The highest BCUT2D eigenvalue weighted by atomic mass is 32.2. The molecule has 80 valence electrons. The van der Waals surface area contributed by atoms with Crippen molar-refractivity contribution in [1.29, 1.82) is 0 Å². The van der Waals surface area contributed by atoms with Gasteiger partial charge in [0.25, 0.3) is 0 Å². The van der Waals surface area contributed by atoms with Gasteiger partial charge in [0.05, 0.1) is 11.6 Å². The van der Waals surface area contributed by atoms with Crippen LogP contribution in [-0.2, 0) is 6.54 Å². The molecule has 0 fully saturated rings. The van der Waals surface area contributed by atoms with Crippen LogP contribution >= 0.6 is 11.8 Å². The molecule has 2 aromatic heterocycles. The van der Waals surface area contributed by atoms with Crippen LogP contribution in [0.25, 0.3) is 11.0 Å². The third-order valence-electron chi connectivity index (χ3n) is 1.98. The van der Waals surface area contributed by atoms with Gasteiger partial charge in [0.15, 0.2) is 5.65 Å². The average Bonchev–Trinajstić information content (AvgIpc) is 2.71. The molecule has 0 unspecified atom stereocenters. The first-order valence-electron chi connectivity index (χ1n) is 4.70. The smallest absolute Gasteiger partial charge is 0.163 e. The maximum atomic E-state index is 5.26. The van der Waals surface area contributed by atoms with E-state index in [0.29, 0.717) is 6.54 Å². The molecule has 0 aliphatic heterocycles. The fourth-order valence-electron chi connectivity index (χ4n) is 1.33. The van der Waals surface area contributed by atoms with Crippen molar-refractivity contribution in [3.63, 3.8) is 0 Å². The van der Waals surface area contributed by atoms with E-state index in [1.165, 1.54) is 6.33 Å². The van der Waals surface area contributed by atoms with Crippen molar-refractivity contribution in [1.82, 2.24) is 19.7 Å². The molecule has 16 heavy (non-hydrogen) atoms. The van der Waals surface area contributed by atoms with Gasteiger partial charge in [-0.25, -0.2) is 14.6 Å². The summed E-state index contributed by atoms with van der Waals surface area (Å²) in [6.07, 6.45) is 10.4. The van der Waals surface area contributed by atoms with E-state index in [1.54, 1.807) is 22.6 Å². The minimum atomic E-state index is 0.423. The molecule has 0 atom stereocenters. The molecule has 0 amide bonds. The predicted octanol–water partition coefficient (Wildman–Crippen LogP) is 1.74. The Morgan fingerprint density at radius 1 is 1.56 bits per heavy atom. The third-order valence-corrected chi connectivity index (χ3v) is 2.98. The molecule has 0 aromatic carbocycles. The number of terminal acetylenes is 1. The topological polar surface area (TPSA) is 43.6 Å². The Bertz CT molecular complexity index is 553. The van der Waals surface area contributed by atoms with Gasteiger partial charge in [0, 0.05) is 5.75 Å². The van der Waals surface area contributed by atoms with Crippen LogP contribution in [-0.4, -0.2) is 25.5 Å². The van der Waals surface area contributed by atoms with Crippen LogP contribution in [0.2, 0.25) is 0 Å². The third kappa shape index (κ3) is 1.92. The molecule has 0 N–H and O–H groups in total. The number of fused-ring (bicyclic) bond motifs is 1. The van der Waals surface area contributed by atoms with Crippen molar-refractivity contribution < 1.29 is 0 Å². The molecule has 2 rings (SSSR count). The lowest BCUT2D eigenvalue weighted by Gasteiger charge is -1.99. The molecule has 4 nitrogen and oxygen atoms in total. The Morgan fingerprint density at radius 2 is 2.44 bits per heavy atom. The van der Waals surface area contributed by atoms with Gasteiger partial charge in [-0.3, -0.25) is 0 Å². The summed E-state index contributed by atoms with van der Waals surface area (Å²) < 4.78 is 1.69. The summed E-state index contributed by atoms with van der Waals surface area (Å²) in [5.41, 5.74) is 0.777. The zero-order valence-corrected chi connectivity index (χ0v) is 9.44. The molecule has 2 heterocycles. The fraction of sp³-hybridized carbons (Fsp3) is 0.182. The van der Waals surface area contributed by atoms with Crippen LogP contribution in [0.4, 0.5) is 0 Å². The zero-order chi connectivity index (χ0) is 11.4. The highest BCUT2D eigenvalue weighted by Gasteiger charge is 2.08. The van der Waals surface area contributed by atoms with Crippen LogP contribution in [0.15, 0.2) is 30.2 Å². The Kier molecular flexibility index (Phi) is 3.22. The number of hydrogen-bond acceptors (Lipinski definition) is 4. The van der Waals surface area contributed by atoms with E-state index in [4.69, 9.17) is 6.42 Å². The maximum Gasteiger partial charge on any atom is 0.163 e. The molecule has 0 bridgehead atoms. The number of nitrogens with zero attached hydrogens (tertiary/aromatic N) is 4. The molecular weight excluding hydrogens is 220 g/mol. The highest BCUT2D eigenvalue weighted by Crippen LogP contribution is 2.23. The lowest BCUT2D eigenvalue weighted by molar-refractivity contribution is 0.732. The Hall–Kier alpha value is -1.80. The summed E-state index contributed by atoms with van der Waals surface area (Å²) in [6, 6.07) is 0. The van der Waals surface area contributed by atoms with Crippen LogP contribution in [0.5, 0.6) is 0 Å². The summed E-state index contributed by atoms with van der Waals surface area (Å²) in [7, 11) is 0. The molecule has 2 aromatic rings. The van der Waals surface area contributed by atoms with Gasteiger partial charge < -0.3 is 0 Å². The molecule has 0 spiro atoms. The van der Waals surface area contributed by atoms with E-state index in [-0.39, 0.29) is 0 Å². The van der Waals surface area contributed by atoms with Gasteiger partial charge >= 0.3 is 0 Å². The summed E-state index contributed by atoms with van der Waals surface area (Å²) >= 11 is 1.61. The second-order valence-electron chi connectivity index (χ2n) is 3.02. The van der Waals surface area contributed by atoms with Crippen molar-refractivity contribution >= 4 is 22.8 Å². The van der Waals surface area contributed by atoms with Crippen molar-refractivity contribution in [3.8, 4) is 12.3 Å². The summed E-state index contributed by atoms with van der Waals surface area (Å²) in [5, 5.41) is 6.03. The highest BCUT2D eigenvalue weighted by molar-refractivity contribution is 7.99. The van der Waals surface area contributed by atoms with E-state index < -0.39 is 0 Å². The van der Waals surface area contributed by atoms with Crippen molar-refractivity contribution in [2.24, 2.45) is 0 Å². The van der Waals surface area contributed by atoms with Crippen molar-refractivity contribution in [3.05, 3.63) is 25.2 Å². The number of rotatable bonds is 4. The summed E-state index contributed by atoms with van der Waals surface area (Å²) in [5.74, 6) is 3.35. The SMILES string of the molecule is C#CCn1ncc2c(SCC=C)ncnc21. The predicted molar refractivity (Wildman–Crippen MR) is 65.1 cm³/mol. The minimum Gasteiger partial charge on any atom is -0.235 e. The first-order chi connectivity index (χ1) is 7.86. The van der Waals surface area contributed by atoms with E-state index >= 15 is 0 Å². The average molecular weight is 230 g/mol. The van der Waals surface area contributed by atoms with Crippen molar-refractivity contribution in [2.75, 3.05) is 5.75 Å². The fourth-order valence-corrected chi connectivity index (χ4v) is 2.02. The first-order valence-corrected chi connectivity index (χ1v) is 5.69. The Labute approximate surface area is 97.8 Å². The van der Waals surface area contributed by atoms with Gasteiger partial charge in [-0.2, -0.15) is 5.10 Å². The number of thioether (sulfide) groups is 1. The van der Waals surface area contributed by atoms with E-state index in [2.05, 4.69) is 27.6 Å².